The van der Waals surface area contributed by atoms with Gasteiger partial charge in [-0.1, -0.05) is 52.3 Å². The lowest BCUT2D eigenvalue weighted by Gasteiger charge is -2.22. The zero-order valence-corrected chi connectivity index (χ0v) is 15.7. The van der Waals surface area contributed by atoms with Crippen molar-refractivity contribution in [1.29, 1.82) is 0 Å². The lowest BCUT2D eigenvalue weighted by Crippen LogP contribution is -3.11. The quantitative estimate of drug-likeness (QED) is 0.718. The van der Waals surface area contributed by atoms with E-state index >= 15 is 0 Å². The largest absolute Gasteiger partial charge is 0.484 e. The molecule has 2 aromatic carbocycles. The Hall–Kier alpha value is -1.85. The number of carbonyl (C=O) groups excluding carboxylic acids is 1. The number of nitrogens with one attached hydrogen (secondary N) is 2. The van der Waals surface area contributed by atoms with Crippen molar-refractivity contribution in [2.24, 2.45) is 0 Å². The predicted octanol–water partition coefficient (Wildman–Crippen LogP) is 1.70. The molecule has 0 heterocycles. The van der Waals surface area contributed by atoms with Crippen LogP contribution in [0.5, 0.6) is 5.75 Å². The van der Waals surface area contributed by atoms with Gasteiger partial charge in [0.05, 0.1) is 20.6 Å². The highest BCUT2D eigenvalue weighted by Gasteiger charge is 2.17. The first-order valence-corrected chi connectivity index (χ1v) is 8.83. The van der Waals surface area contributed by atoms with Crippen LogP contribution in [0.3, 0.4) is 0 Å². The minimum atomic E-state index is -0.103. The highest BCUT2D eigenvalue weighted by molar-refractivity contribution is 9.10. The molecule has 24 heavy (non-hydrogen) atoms. The first-order chi connectivity index (χ1) is 11.5. The first kappa shape index (κ1) is 18.5. The molecule has 0 radical (unpaired) electrons. The molecular weight excluding hydrogens is 368 g/mol. The fourth-order valence-corrected chi connectivity index (χ4v) is 2.75. The molecule has 128 valence electrons. The van der Waals surface area contributed by atoms with Crippen LogP contribution in [-0.2, 0) is 11.2 Å². The van der Waals surface area contributed by atoms with Gasteiger partial charge >= 0.3 is 0 Å². The summed E-state index contributed by atoms with van der Waals surface area (Å²) in [6, 6.07) is 18.1. The third kappa shape index (κ3) is 6.34. The van der Waals surface area contributed by atoms with Crippen molar-refractivity contribution in [3.05, 3.63) is 64.6 Å². The zero-order valence-electron chi connectivity index (χ0n) is 14.1. The van der Waals surface area contributed by atoms with Crippen LogP contribution < -0.4 is 15.0 Å². The number of amides is 1. The second-order valence-corrected chi connectivity index (χ2v) is 6.93. The number of ether oxygens (including phenoxy) is 1. The molecule has 1 amide bonds. The summed E-state index contributed by atoms with van der Waals surface area (Å²) in [5, 5.41) is 2.97. The Morgan fingerprint density at radius 2 is 1.92 bits per heavy atom. The molecule has 0 aliphatic heterocycles. The lowest BCUT2D eigenvalue weighted by atomic mass is 10.1. The van der Waals surface area contributed by atoms with Crippen molar-refractivity contribution in [3.8, 4) is 5.75 Å². The normalized spacial score (nSPS) is 12.0. The molecule has 0 aromatic heterocycles. The maximum absolute atomic E-state index is 12.0. The maximum Gasteiger partial charge on any atom is 0.258 e. The van der Waals surface area contributed by atoms with Gasteiger partial charge in [-0.15, -0.1) is 0 Å². The Bertz CT molecular complexity index is 647. The second kappa shape index (κ2) is 9.45. The van der Waals surface area contributed by atoms with Gasteiger partial charge in [0.2, 0.25) is 0 Å². The number of hydrogen-bond acceptors (Lipinski definition) is 2. The van der Waals surface area contributed by atoms with E-state index in [1.54, 1.807) is 0 Å². The van der Waals surface area contributed by atoms with Crippen LogP contribution >= 0.6 is 15.9 Å². The molecule has 5 heteroatoms. The van der Waals surface area contributed by atoms with Crippen molar-refractivity contribution >= 4 is 21.8 Å². The number of likely N-dealkylation sites (N-methyl/N-ethyl adjacent to an activating group) is 1. The van der Waals surface area contributed by atoms with Gasteiger partial charge in [0.15, 0.2) is 6.61 Å². The zero-order chi connectivity index (χ0) is 17.4. The Kier molecular flexibility index (Phi) is 7.28. The summed E-state index contributed by atoms with van der Waals surface area (Å²) in [7, 11) is 4.22. The second-order valence-electron chi connectivity index (χ2n) is 6.01. The molecule has 2 aromatic rings. The molecule has 0 saturated carbocycles. The van der Waals surface area contributed by atoms with Crippen LogP contribution in [0.2, 0.25) is 0 Å². The van der Waals surface area contributed by atoms with E-state index in [0.717, 1.165) is 10.9 Å². The summed E-state index contributed by atoms with van der Waals surface area (Å²) in [6.45, 7) is 0.648. The van der Waals surface area contributed by atoms with E-state index in [9.17, 15) is 4.79 Å². The van der Waals surface area contributed by atoms with Crippen molar-refractivity contribution in [2.45, 2.75) is 12.5 Å². The topological polar surface area (TPSA) is 42.8 Å². The van der Waals surface area contributed by atoms with Crippen LogP contribution in [0.4, 0.5) is 0 Å². The Labute approximate surface area is 151 Å². The fraction of sp³-hybridized carbons (Fsp3) is 0.316. The Morgan fingerprint density at radius 3 is 2.58 bits per heavy atom. The highest BCUT2D eigenvalue weighted by atomic mass is 79.9. The molecule has 2 N–H and O–H groups in total. The molecule has 0 aliphatic rings. The summed E-state index contributed by atoms with van der Waals surface area (Å²) in [5.41, 5.74) is 1.28. The predicted molar refractivity (Wildman–Crippen MR) is 99.4 cm³/mol. The van der Waals surface area contributed by atoms with Gasteiger partial charge in [0, 0.05) is 10.9 Å². The summed E-state index contributed by atoms with van der Waals surface area (Å²) < 4.78 is 6.44. The van der Waals surface area contributed by atoms with Crippen LogP contribution in [0, 0.1) is 0 Å². The summed E-state index contributed by atoms with van der Waals surface area (Å²) in [4.78, 5) is 13.3. The summed E-state index contributed by atoms with van der Waals surface area (Å²) >= 11 is 3.38. The number of rotatable bonds is 8. The average Bonchev–Trinajstić information content (AvgIpc) is 2.57. The standard InChI is InChI=1S/C19H23BrN2O2/c1-22(2)17(11-15-7-4-3-5-8-15)13-21-19(23)14-24-18-10-6-9-16(20)12-18/h3-10,12,17H,11,13-14H2,1-2H3,(H,21,23)/p+1/t17-/m0/s1. The molecule has 1 atom stereocenters. The molecule has 4 nitrogen and oxygen atoms in total. The lowest BCUT2D eigenvalue weighted by molar-refractivity contribution is -0.884. The monoisotopic (exact) mass is 391 g/mol. The molecular formula is C19H24BrN2O2+. The third-order valence-corrected chi connectivity index (χ3v) is 4.35. The van der Waals surface area contributed by atoms with E-state index in [2.05, 4.69) is 47.5 Å². The minimum Gasteiger partial charge on any atom is -0.484 e. The van der Waals surface area contributed by atoms with Crippen LogP contribution in [0.25, 0.3) is 0 Å². The van der Waals surface area contributed by atoms with E-state index in [0.29, 0.717) is 18.3 Å². The molecule has 0 saturated heterocycles. The maximum atomic E-state index is 12.0. The van der Waals surface area contributed by atoms with Crippen LogP contribution in [0.1, 0.15) is 5.56 Å². The van der Waals surface area contributed by atoms with Gasteiger partial charge in [-0.25, -0.2) is 0 Å². The highest BCUT2D eigenvalue weighted by Crippen LogP contribution is 2.17. The SMILES string of the molecule is C[NH+](C)[C@H](CNC(=O)COc1cccc(Br)c1)Cc1ccccc1. The molecule has 0 bridgehead atoms. The molecule has 2 rings (SSSR count). The van der Waals surface area contributed by atoms with Gasteiger partial charge in [-0.2, -0.15) is 0 Å². The van der Waals surface area contributed by atoms with Crippen LogP contribution in [-0.4, -0.2) is 39.2 Å². The van der Waals surface area contributed by atoms with Crippen molar-refractivity contribution < 1.29 is 14.4 Å². The van der Waals surface area contributed by atoms with Gasteiger partial charge in [0.25, 0.3) is 5.91 Å². The van der Waals surface area contributed by atoms with Crippen molar-refractivity contribution in [3.63, 3.8) is 0 Å². The Morgan fingerprint density at radius 1 is 1.17 bits per heavy atom. The average molecular weight is 392 g/mol. The van der Waals surface area contributed by atoms with Crippen molar-refractivity contribution in [2.75, 3.05) is 27.2 Å². The van der Waals surface area contributed by atoms with Gasteiger partial charge < -0.3 is 15.0 Å². The van der Waals surface area contributed by atoms with E-state index in [4.69, 9.17) is 4.74 Å². The van der Waals surface area contributed by atoms with Crippen LogP contribution in [0.15, 0.2) is 59.1 Å². The van der Waals surface area contributed by atoms with E-state index < -0.39 is 0 Å². The van der Waals surface area contributed by atoms with E-state index in [1.165, 1.54) is 10.5 Å². The molecule has 0 aliphatic carbocycles. The molecule has 0 spiro atoms. The number of halogens is 1. The number of benzene rings is 2. The smallest absolute Gasteiger partial charge is 0.258 e. The first-order valence-electron chi connectivity index (χ1n) is 8.03. The van der Waals surface area contributed by atoms with E-state index in [1.807, 2.05) is 42.5 Å². The summed E-state index contributed by atoms with van der Waals surface area (Å²) in [5.74, 6) is 0.577. The van der Waals surface area contributed by atoms with Gasteiger partial charge in [-0.3, -0.25) is 4.79 Å². The Balaban J connectivity index is 1.79. The molecule has 0 unspecified atom stereocenters. The minimum absolute atomic E-state index is 0.0251. The van der Waals surface area contributed by atoms with Gasteiger partial charge in [-0.05, 0) is 23.8 Å². The van der Waals surface area contributed by atoms with E-state index in [-0.39, 0.29) is 12.5 Å². The molecule has 0 fully saturated rings. The third-order valence-electron chi connectivity index (χ3n) is 3.85. The summed E-state index contributed by atoms with van der Waals surface area (Å²) in [6.07, 6.45) is 0.927. The number of carbonyl (C=O) groups is 1. The van der Waals surface area contributed by atoms with Gasteiger partial charge in [0.1, 0.15) is 11.8 Å². The van der Waals surface area contributed by atoms with Crippen molar-refractivity contribution in [1.82, 2.24) is 5.32 Å². The number of hydrogen-bond donors (Lipinski definition) is 2. The number of quaternary nitrogens is 1. The fourth-order valence-electron chi connectivity index (χ4n) is 2.37.